The molecule has 1 N–H and O–H groups in total. The molecule has 0 radical (unpaired) electrons. The number of hydrogen-bond acceptors (Lipinski definition) is 4. The zero-order chi connectivity index (χ0) is 28.6. The summed E-state index contributed by atoms with van der Waals surface area (Å²) in [7, 11) is -4.28. The number of nitrogens with zero attached hydrogens (tertiary/aromatic N) is 2. The number of sulfonamides is 1. The average Bonchev–Trinajstić information content (AvgIpc) is 2.92. The molecular weight excluding hydrogens is 524 g/mol. The first-order valence-electron chi connectivity index (χ1n) is 12.7. The van der Waals surface area contributed by atoms with Crippen molar-refractivity contribution in [1.82, 2.24) is 10.2 Å². The molecule has 0 aliphatic rings. The fourth-order valence-corrected chi connectivity index (χ4v) is 5.40. The predicted octanol–water partition coefficient (Wildman–Crippen LogP) is 4.74. The van der Waals surface area contributed by atoms with Gasteiger partial charge in [0.25, 0.3) is 10.0 Å². The van der Waals surface area contributed by atoms with E-state index in [4.69, 9.17) is 0 Å². The molecule has 0 saturated heterocycles. The van der Waals surface area contributed by atoms with Crippen molar-refractivity contribution in [3.05, 3.63) is 96.1 Å². The van der Waals surface area contributed by atoms with Crippen molar-refractivity contribution in [3.63, 3.8) is 0 Å². The second-order valence-electron chi connectivity index (χ2n) is 9.51. The Balaban J connectivity index is 2.01. The minimum Gasteiger partial charge on any atom is -0.354 e. The molecule has 7 nitrogen and oxygen atoms in total. The van der Waals surface area contributed by atoms with Crippen LogP contribution in [0.4, 0.5) is 14.5 Å². The third-order valence-electron chi connectivity index (χ3n) is 6.06. The van der Waals surface area contributed by atoms with Gasteiger partial charge in [-0.15, -0.1) is 0 Å². The van der Waals surface area contributed by atoms with E-state index in [1.807, 2.05) is 13.8 Å². The summed E-state index contributed by atoms with van der Waals surface area (Å²) < 4.78 is 55.3. The Kier molecular flexibility index (Phi) is 10.2. The summed E-state index contributed by atoms with van der Waals surface area (Å²) in [6.07, 6.45) is 0.271. The molecule has 0 aromatic heterocycles. The molecule has 0 spiro atoms. The topological polar surface area (TPSA) is 86.8 Å². The smallest absolute Gasteiger partial charge is 0.264 e. The van der Waals surface area contributed by atoms with Gasteiger partial charge < -0.3 is 10.2 Å². The monoisotopic (exact) mass is 557 g/mol. The zero-order valence-corrected chi connectivity index (χ0v) is 23.0. The van der Waals surface area contributed by atoms with Gasteiger partial charge in [0.05, 0.1) is 10.6 Å². The Morgan fingerprint density at radius 1 is 0.872 bits per heavy atom. The van der Waals surface area contributed by atoms with Crippen LogP contribution in [-0.2, 0) is 26.2 Å². The first-order chi connectivity index (χ1) is 18.5. The number of para-hydroxylation sites is 1. The lowest BCUT2D eigenvalue weighted by Gasteiger charge is -2.33. The van der Waals surface area contributed by atoms with Gasteiger partial charge in [-0.3, -0.25) is 13.9 Å². The summed E-state index contributed by atoms with van der Waals surface area (Å²) in [5.41, 5.74) is 0.807. The largest absolute Gasteiger partial charge is 0.354 e. The maximum atomic E-state index is 13.9. The highest BCUT2D eigenvalue weighted by molar-refractivity contribution is 7.92. The summed E-state index contributed by atoms with van der Waals surface area (Å²) in [5.74, 6) is -1.85. The van der Waals surface area contributed by atoms with E-state index in [9.17, 15) is 26.8 Å². The Bertz CT molecular complexity index is 1350. The maximum absolute atomic E-state index is 13.9. The van der Waals surface area contributed by atoms with Gasteiger partial charge in [0.15, 0.2) is 0 Å². The zero-order valence-electron chi connectivity index (χ0n) is 22.2. The molecule has 0 aliphatic heterocycles. The molecule has 3 aromatic rings. The average molecular weight is 558 g/mol. The van der Waals surface area contributed by atoms with Crippen LogP contribution in [0.2, 0.25) is 0 Å². The molecule has 0 aliphatic carbocycles. The quantitative estimate of drug-likeness (QED) is 0.349. The Morgan fingerprint density at radius 2 is 1.44 bits per heavy atom. The van der Waals surface area contributed by atoms with Crippen molar-refractivity contribution >= 4 is 27.5 Å². The lowest BCUT2D eigenvalue weighted by Crippen LogP contribution is -2.52. The van der Waals surface area contributed by atoms with Gasteiger partial charge in [0.2, 0.25) is 11.8 Å². The molecule has 3 rings (SSSR count). The van der Waals surface area contributed by atoms with Gasteiger partial charge in [-0.25, -0.2) is 17.2 Å². The van der Waals surface area contributed by atoms with Gasteiger partial charge in [-0.05, 0) is 66.4 Å². The lowest BCUT2D eigenvalue weighted by molar-refractivity contribution is -0.140. The molecular formula is C29H33F2N3O4S. The third kappa shape index (κ3) is 7.86. The van der Waals surface area contributed by atoms with Crippen molar-refractivity contribution < 1.29 is 26.8 Å². The second-order valence-corrected chi connectivity index (χ2v) is 11.4. The first kappa shape index (κ1) is 29.8. The van der Waals surface area contributed by atoms with Crippen LogP contribution in [0.5, 0.6) is 0 Å². The van der Waals surface area contributed by atoms with Crippen molar-refractivity contribution in [2.24, 2.45) is 5.92 Å². The number of carbonyl (C=O) groups excluding carboxylic acids is 2. The molecule has 0 bridgehead atoms. The van der Waals surface area contributed by atoms with Crippen molar-refractivity contribution in [3.8, 4) is 0 Å². The maximum Gasteiger partial charge on any atom is 0.264 e. The Hall–Kier alpha value is -3.79. The number of nitrogens with one attached hydrogen (secondary N) is 1. The summed E-state index contributed by atoms with van der Waals surface area (Å²) in [5, 5.41) is 2.85. The number of rotatable bonds is 12. The van der Waals surface area contributed by atoms with Crippen LogP contribution in [-0.4, -0.2) is 44.3 Å². The predicted molar refractivity (Wildman–Crippen MR) is 146 cm³/mol. The number of anilines is 1. The van der Waals surface area contributed by atoms with E-state index in [2.05, 4.69) is 5.32 Å². The number of hydrogen-bond donors (Lipinski definition) is 1. The summed E-state index contributed by atoms with van der Waals surface area (Å²) in [6.45, 7) is 5.41. The highest BCUT2D eigenvalue weighted by atomic mass is 32.2. The summed E-state index contributed by atoms with van der Waals surface area (Å²) in [6, 6.07) is 17.1. The van der Waals surface area contributed by atoms with E-state index in [0.717, 1.165) is 28.6 Å². The third-order valence-corrected chi connectivity index (χ3v) is 7.85. The van der Waals surface area contributed by atoms with Crippen LogP contribution in [0.15, 0.2) is 83.8 Å². The van der Waals surface area contributed by atoms with Crippen LogP contribution < -0.4 is 9.62 Å². The van der Waals surface area contributed by atoms with Crippen LogP contribution in [0.1, 0.15) is 32.8 Å². The van der Waals surface area contributed by atoms with Gasteiger partial charge in [0, 0.05) is 13.1 Å². The fraction of sp³-hybridized carbons (Fsp3) is 0.310. The molecule has 1 atom stereocenters. The highest BCUT2D eigenvalue weighted by Gasteiger charge is 2.33. The molecule has 0 saturated carbocycles. The van der Waals surface area contributed by atoms with Crippen molar-refractivity contribution in [2.75, 3.05) is 17.4 Å². The first-order valence-corrected chi connectivity index (χ1v) is 14.1. The molecule has 0 heterocycles. The molecule has 1 unspecified atom stereocenters. The minimum atomic E-state index is -4.28. The minimum absolute atomic E-state index is 0.0358. The van der Waals surface area contributed by atoms with Gasteiger partial charge in [-0.2, -0.15) is 0 Å². The van der Waals surface area contributed by atoms with Crippen LogP contribution in [0, 0.1) is 17.6 Å². The Labute approximate surface area is 228 Å². The van der Waals surface area contributed by atoms with Crippen LogP contribution >= 0.6 is 0 Å². The van der Waals surface area contributed by atoms with E-state index in [-0.39, 0.29) is 35.4 Å². The van der Waals surface area contributed by atoms with Crippen molar-refractivity contribution in [1.29, 1.82) is 0 Å². The molecule has 39 heavy (non-hydrogen) atoms. The van der Waals surface area contributed by atoms with Crippen molar-refractivity contribution in [2.45, 2.75) is 44.7 Å². The van der Waals surface area contributed by atoms with Crippen LogP contribution in [0.25, 0.3) is 0 Å². The normalized spacial score (nSPS) is 12.2. The summed E-state index contributed by atoms with van der Waals surface area (Å²) >= 11 is 0. The number of benzene rings is 3. The number of amides is 2. The molecule has 208 valence electrons. The van der Waals surface area contributed by atoms with Crippen LogP contribution in [0.3, 0.4) is 0 Å². The standard InChI is InChI=1S/C29H33F2N3O4S/c1-4-27(29(36)32-18-21(2)3)33(19-22-10-12-23(30)13-11-22)28(35)20-34(25-8-6-5-7-9-25)39(37,38)26-16-14-24(31)15-17-26/h5-17,21,27H,4,18-20H2,1-3H3,(H,32,36). The Morgan fingerprint density at radius 3 is 1.97 bits per heavy atom. The lowest BCUT2D eigenvalue weighted by atomic mass is 10.1. The molecule has 10 heteroatoms. The highest BCUT2D eigenvalue weighted by Crippen LogP contribution is 2.25. The van der Waals surface area contributed by atoms with E-state index in [1.54, 1.807) is 37.3 Å². The van der Waals surface area contributed by atoms with E-state index >= 15 is 0 Å². The van der Waals surface area contributed by atoms with E-state index in [1.165, 1.54) is 29.2 Å². The molecule has 2 amide bonds. The number of halogens is 2. The fourth-order valence-electron chi connectivity index (χ4n) is 3.99. The van der Waals surface area contributed by atoms with E-state index < -0.39 is 40.2 Å². The van der Waals surface area contributed by atoms with Gasteiger partial charge >= 0.3 is 0 Å². The van der Waals surface area contributed by atoms with E-state index in [0.29, 0.717) is 12.1 Å². The summed E-state index contributed by atoms with van der Waals surface area (Å²) in [4.78, 5) is 28.2. The number of carbonyl (C=O) groups is 2. The van der Waals surface area contributed by atoms with Gasteiger partial charge in [-0.1, -0.05) is 51.1 Å². The SMILES string of the molecule is CCC(C(=O)NCC(C)C)N(Cc1ccc(F)cc1)C(=O)CN(c1ccccc1)S(=O)(=O)c1ccc(F)cc1. The second kappa shape index (κ2) is 13.3. The molecule has 3 aromatic carbocycles. The molecule has 0 fully saturated rings. The van der Waals surface area contributed by atoms with Gasteiger partial charge in [0.1, 0.15) is 24.2 Å².